The topological polar surface area (TPSA) is 77.2 Å². The molecule has 0 aliphatic carbocycles. The molecule has 130 valence electrons. The lowest BCUT2D eigenvalue weighted by atomic mass is 10.2. The Hall–Kier alpha value is -2.58. The number of oxazole rings is 1. The molecule has 0 atom stereocenters. The van der Waals surface area contributed by atoms with E-state index in [9.17, 15) is 18.0 Å². The molecule has 0 saturated carbocycles. The number of hydrogen-bond donors (Lipinski definition) is 1. The van der Waals surface area contributed by atoms with E-state index in [1.165, 1.54) is 18.5 Å². The molecule has 0 aliphatic rings. The fourth-order valence-corrected chi connectivity index (χ4v) is 1.81. The molecule has 0 aliphatic heterocycles. The highest BCUT2D eigenvalue weighted by Crippen LogP contribution is 2.17. The van der Waals surface area contributed by atoms with E-state index in [1.807, 2.05) is 6.92 Å². The SMILES string of the molecule is CCCc1ncc(CNC(=O)c2ccnc(OCC(F)(F)F)c2)o1. The zero-order valence-corrected chi connectivity index (χ0v) is 12.9. The molecule has 2 heterocycles. The molecule has 2 aromatic rings. The quantitative estimate of drug-likeness (QED) is 0.836. The van der Waals surface area contributed by atoms with Crippen molar-refractivity contribution in [1.29, 1.82) is 0 Å². The van der Waals surface area contributed by atoms with Crippen LogP contribution in [-0.2, 0) is 13.0 Å². The first kappa shape index (κ1) is 17.8. The molecule has 9 heteroatoms. The van der Waals surface area contributed by atoms with Crippen LogP contribution in [0, 0.1) is 0 Å². The van der Waals surface area contributed by atoms with Crippen LogP contribution in [0.5, 0.6) is 5.88 Å². The van der Waals surface area contributed by atoms with Crippen molar-refractivity contribution in [2.45, 2.75) is 32.5 Å². The Labute approximate surface area is 136 Å². The van der Waals surface area contributed by atoms with Crippen LogP contribution < -0.4 is 10.1 Å². The molecule has 0 bridgehead atoms. The third-order valence-corrected chi connectivity index (χ3v) is 2.87. The smallest absolute Gasteiger partial charge is 0.422 e. The predicted molar refractivity (Wildman–Crippen MR) is 77.5 cm³/mol. The molecule has 2 rings (SSSR count). The number of hydrogen-bond acceptors (Lipinski definition) is 5. The largest absolute Gasteiger partial charge is 0.468 e. The number of rotatable bonds is 7. The number of nitrogens with one attached hydrogen (secondary N) is 1. The summed E-state index contributed by atoms with van der Waals surface area (Å²) in [7, 11) is 0. The average Bonchev–Trinajstić information content (AvgIpc) is 2.98. The molecule has 0 radical (unpaired) electrons. The third kappa shape index (κ3) is 5.56. The van der Waals surface area contributed by atoms with Crippen molar-refractivity contribution in [2.24, 2.45) is 0 Å². The van der Waals surface area contributed by atoms with Crippen molar-refractivity contribution < 1.29 is 27.1 Å². The Morgan fingerprint density at radius 3 is 2.88 bits per heavy atom. The minimum absolute atomic E-state index is 0.122. The Morgan fingerprint density at radius 1 is 1.38 bits per heavy atom. The molecule has 0 spiro atoms. The fourth-order valence-electron chi connectivity index (χ4n) is 1.81. The van der Waals surface area contributed by atoms with Gasteiger partial charge < -0.3 is 14.5 Å². The van der Waals surface area contributed by atoms with Crippen LogP contribution in [0.4, 0.5) is 13.2 Å². The Bertz CT molecular complexity index is 686. The summed E-state index contributed by atoms with van der Waals surface area (Å²) in [5.41, 5.74) is 0.135. The predicted octanol–water partition coefficient (Wildman–Crippen LogP) is 2.89. The molecule has 1 N–H and O–H groups in total. The summed E-state index contributed by atoms with van der Waals surface area (Å²) in [6.45, 7) is 0.646. The molecular formula is C15H16F3N3O3. The summed E-state index contributed by atoms with van der Waals surface area (Å²) >= 11 is 0. The maximum Gasteiger partial charge on any atom is 0.422 e. The maximum atomic E-state index is 12.1. The molecule has 0 fully saturated rings. The summed E-state index contributed by atoms with van der Waals surface area (Å²) in [6, 6.07) is 2.52. The van der Waals surface area contributed by atoms with Crippen molar-refractivity contribution in [3.05, 3.63) is 41.7 Å². The highest BCUT2D eigenvalue weighted by molar-refractivity contribution is 5.94. The molecule has 0 aromatic carbocycles. The Morgan fingerprint density at radius 2 is 2.17 bits per heavy atom. The minimum Gasteiger partial charge on any atom is -0.468 e. The zero-order valence-electron chi connectivity index (χ0n) is 12.9. The highest BCUT2D eigenvalue weighted by atomic mass is 19.4. The van der Waals surface area contributed by atoms with Crippen molar-refractivity contribution in [3.8, 4) is 5.88 Å². The van der Waals surface area contributed by atoms with Gasteiger partial charge in [-0.3, -0.25) is 4.79 Å². The van der Waals surface area contributed by atoms with Crippen LogP contribution in [0.25, 0.3) is 0 Å². The second-order valence-corrected chi connectivity index (χ2v) is 4.94. The second kappa shape index (κ2) is 7.80. The summed E-state index contributed by atoms with van der Waals surface area (Å²) in [4.78, 5) is 19.7. The molecule has 24 heavy (non-hydrogen) atoms. The van der Waals surface area contributed by atoms with Gasteiger partial charge in [0.15, 0.2) is 12.5 Å². The van der Waals surface area contributed by atoms with Crippen LogP contribution in [0.1, 0.15) is 35.4 Å². The molecule has 2 aromatic heterocycles. The summed E-state index contributed by atoms with van der Waals surface area (Å²) in [6.07, 6.45) is -0.144. The van der Waals surface area contributed by atoms with Crippen LogP contribution in [0.3, 0.4) is 0 Å². The molecule has 0 unspecified atom stereocenters. The number of ether oxygens (including phenoxy) is 1. The van der Waals surface area contributed by atoms with Gasteiger partial charge in [-0.15, -0.1) is 0 Å². The number of aromatic nitrogens is 2. The van der Waals surface area contributed by atoms with Crippen LogP contribution in [-0.4, -0.2) is 28.7 Å². The van der Waals surface area contributed by atoms with Crippen molar-refractivity contribution in [3.63, 3.8) is 0 Å². The van der Waals surface area contributed by atoms with Crippen molar-refractivity contribution in [2.75, 3.05) is 6.61 Å². The fraction of sp³-hybridized carbons (Fsp3) is 0.400. The first-order valence-electron chi connectivity index (χ1n) is 7.25. The first-order valence-corrected chi connectivity index (χ1v) is 7.25. The summed E-state index contributed by atoms with van der Waals surface area (Å²) in [5.74, 6) is 0.329. The number of amides is 1. The van der Waals surface area contributed by atoms with Gasteiger partial charge in [0.1, 0.15) is 5.76 Å². The third-order valence-electron chi connectivity index (χ3n) is 2.87. The van der Waals surface area contributed by atoms with Gasteiger partial charge in [-0.05, 0) is 12.5 Å². The summed E-state index contributed by atoms with van der Waals surface area (Å²) in [5, 5.41) is 2.59. The van der Waals surface area contributed by atoms with E-state index >= 15 is 0 Å². The van der Waals surface area contributed by atoms with Gasteiger partial charge in [0.25, 0.3) is 5.91 Å². The molecular weight excluding hydrogens is 327 g/mol. The second-order valence-electron chi connectivity index (χ2n) is 4.94. The lowest BCUT2D eigenvalue weighted by molar-refractivity contribution is -0.154. The molecule has 6 nitrogen and oxygen atoms in total. The van der Waals surface area contributed by atoms with Crippen LogP contribution in [0.15, 0.2) is 28.9 Å². The van der Waals surface area contributed by atoms with Gasteiger partial charge in [0, 0.05) is 24.2 Å². The van der Waals surface area contributed by atoms with Crippen LogP contribution >= 0.6 is 0 Å². The van der Waals surface area contributed by atoms with E-state index in [4.69, 9.17) is 4.42 Å². The van der Waals surface area contributed by atoms with Gasteiger partial charge >= 0.3 is 6.18 Å². The number of halogens is 3. The summed E-state index contributed by atoms with van der Waals surface area (Å²) < 4.78 is 46.3. The van der Waals surface area contributed by atoms with Crippen LogP contribution in [0.2, 0.25) is 0 Å². The minimum atomic E-state index is -4.47. The number of carbonyl (C=O) groups excluding carboxylic acids is 1. The van der Waals surface area contributed by atoms with E-state index in [0.29, 0.717) is 18.1 Å². The average molecular weight is 343 g/mol. The number of alkyl halides is 3. The van der Waals surface area contributed by atoms with Gasteiger partial charge in [0.05, 0.1) is 12.7 Å². The lowest BCUT2D eigenvalue weighted by Gasteiger charge is -2.09. The van der Waals surface area contributed by atoms with Crippen molar-refractivity contribution in [1.82, 2.24) is 15.3 Å². The number of carbonyl (C=O) groups is 1. The van der Waals surface area contributed by atoms with Gasteiger partial charge in [-0.25, -0.2) is 9.97 Å². The van der Waals surface area contributed by atoms with Gasteiger partial charge in [-0.2, -0.15) is 13.2 Å². The first-order chi connectivity index (χ1) is 11.4. The zero-order chi connectivity index (χ0) is 17.6. The van der Waals surface area contributed by atoms with E-state index in [1.54, 1.807) is 0 Å². The Kier molecular flexibility index (Phi) is 5.78. The molecule has 1 amide bonds. The van der Waals surface area contributed by atoms with E-state index < -0.39 is 18.7 Å². The van der Waals surface area contributed by atoms with Crippen molar-refractivity contribution >= 4 is 5.91 Å². The number of nitrogens with zero attached hydrogens (tertiary/aromatic N) is 2. The maximum absolute atomic E-state index is 12.1. The lowest BCUT2D eigenvalue weighted by Crippen LogP contribution is -2.23. The van der Waals surface area contributed by atoms with E-state index in [0.717, 1.165) is 12.5 Å². The molecule has 0 saturated heterocycles. The Balaban J connectivity index is 1.91. The highest BCUT2D eigenvalue weighted by Gasteiger charge is 2.28. The normalized spacial score (nSPS) is 11.3. The number of aryl methyl sites for hydroxylation is 1. The standard InChI is InChI=1S/C15H16F3N3O3/c1-2-3-12-20-7-11(24-12)8-21-14(22)10-4-5-19-13(6-10)23-9-15(16,17)18/h4-7H,2-3,8-9H2,1H3,(H,21,22). The van der Waals surface area contributed by atoms with Gasteiger partial charge in [-0.1, -0.05) is 6.92 Å². The monoisotopic (exact) mass is 343 g/mol. The van der Waals surface area contributed by atoms with E-state index in [-0.39, 0.29) is 18.0 Å². The van der Waals surface area contributed by atoms with E-state index in [2.05, 4.69) is 20.0 Å². The number of pyridine rings is 1. The van der Waals surface area contributed by atoms with Gasteiger partial charge in [0.2, 0.25) is 5.88 Å².